The van der Waals surface area contributed by atoms with Gasteiger partial charge in [-0.3, -0.25) is 4.79 Å². The van der Waals surface area contributed by atoms with Gasteiger partial charge in [0.25, 0.3) is 5.91 Å². The molecule has 2 atom stereocenters. The van der Waals surface area contributed by atoms with Crippen LogP contribution in [0, 0.1) is 0 Å². The Morgan fingerprint density at radius 2 is 1.86 bits per heavy atom. The highest BCUT2D eigenvalue weighted by Crippen LogP contribution is 2.22. The van der Waals surface area contributed by atoms with Crippen LogP contribution in [0.2, 0.25) is 0 Å². The monoisotopic (exact) mass is 283 g/mol. The van der Waals surface area contributed by atoms with Crippen LogP contribution in [0.5, 0.6) is 0 Å². The molecule has 2 aromatic carbocycles. The summed E-state index contributed by atoms with van der Waals surface area (Å²) in [6, 6.07) is 15.4. The lowest BCUT2D eigenvalue weighted by Crippen LogP contribution is -2.92. The molecule has 1 aliphatic rings. The maximum atomic E-state index is 12.1. The second-order valence-electron chi connectivity index (χ2n) is 6.12. The quantitative estimate of drug-likeness (QED) is 0.867. The van der Waals surface area contributed by atoms with Gasteiger partial charge in [-0.2, -0.15) is 0 Å². The van der Waals surface area contributed by atoms with Gasteiger partial charge in [0.15, 0.2) is 6.04 Å². The van der Waals surface area contributed by atoms with Crippen molar-refractivity contribution >= 4 is 16.7 Å². The number of hydrogen-bond acceptors (Lipinski definition) is 1. The van der Waals surface area contributed by atoms with Crippen molar-refractivity contribution < 1.29 is 10.1 Å². The predicted molar refractivity (Wildman–Crippen MR) is 84.9 cm³/mol. The number of carbonyl (C=O) groups is 1. The van der Waals surface area contributed by atoms with Gasteiger partial charge in [0.2, 0.25) is 0 Å². The average molecular weight is 283 g/mol. The molecular formula is C18H23N2O+. The molecule has 1 fully saturated rings. The van der Waals surface area contributed by atoms with Gasteiger partial charge < -0.3 is 10.6 Å². The van der Waals surface area contributed by atoms with Crippen molar-refractivity contribution in [3.05, 3.63) is 48.0 Å². The number of hydrogen-bond donors (Lipinski definition) is 2. The van der Waals surface area contributed by atoms with E-state index < -0.39 is 0 Å². The Kier molecular flexibility index (Phi) is 3.93. The Labute approximate surface area is 125 Å². The Bertz CT molecular complexity index is 643. The largest absolute Gasteiger partial charge is 0.348 e. The van der Waals surface area contributed by atoms with Crippen molar-refractivity contribution in [2.24, 2.45) is 0 Å². The first-order chi connectivity index (χ1) is 10.1. The minimum absolute atomic E-state index is 0.0560. The molecule has 3 rings (SSSR count). The van der Waals surface area contributed by atoms with Gasteiger partial charge in [-0.25, -0.2) is 0 Å². The molecule has 0 spiro atoms. The van der Waals surface area contributed by atoms with Crippen LogP contribution in [-0.4, -0.2) is 18.0 Å². The summed E-state index contributed by atoms with van der Waals surface area (Å²) in [5.74, 6) is 0.157. The van der Waals surface area contributed by atoms with Crippen molar-refractivity contribution in [1.82, 2.24) is 5.32 Å². The minimum atomic E-state index is -0.0560. The Hall–Kier alpha value is -1.87. The second kappa shape index (κ2) is 5.86. The highest BCUT2D eigenvalue weighted by Gasteiger charge is 2.28. The standard InChI is InChI=1S/C18H22N2O/c1-12(19-13(2)18(21)20-15-10-11-15)16-9-5-7-14-6-3-4-8-17(14)16/h3-9,12-13,15,19H,10-11H2,1-2H3,(H,20,21)/p+1/t12-,13-/m0/s1. The molecule has 3 nitrogen and oxygen atoms in total. The maximum absolute atomic E-state index is 12.1. The molecule has 0 saturated heterocycles. The molecule has 0 heterocycles. The zero-order valence-electron chi connectivity index (χ0n) is 12.7. The summed E-state index contributed by atoms with van der Waals surface area (Å²) in [7, 11) is 0. The Morgan fingerprint density at radius 1 is 1.14 bits per heavy atom. The summed E-state index contributed by atoms with van der Waals surface area (Å²) in [4.78, 5) is 12.1. The molecule has 0 aromatic heterocycles. The van der Waals surface area contributed by atoms with Gasteiger partial charge in [-0.1, -0.05) is 42.5 Å². The molecule has 0 radical (unpaired) electrons. The van der Waals surface area contributed by atoms with E-state index in [2.05, 4.69) is 60.0 Å². The zero-order chi connectivity index (χ0) is 14.8. The SMILES string of the molecule is C[C@H]([NH2+][C@@H](C)c1cccc2ccccc12)C(=O)NC1CC1. The number of benzene rings is 2. The first-order valence-electron chi connectivity index (χ1n) is 7.78. The topological polar surface area (TPSA) is 45.7 Å². The van der Waals surface area contributed by atoms with E-state index in [4.69, 9.17) is 0 Å². The molecule has 110 valence electrons. The zero-order valence-corrected chi connectivity index (χ0v) is 12.7. The molecule has 3 N–H and O–H groups in total. The summed E-state index contributed by atoms with van der Waals surface area (Å²) in [5.41, 5.74) is 1.29. The van der Waals surface area contributed by atoms with Crippen molar-refractivity contribution in [2.75, 3.05) is 0 Å². The van der Waals surface area contributed by atoms with E-state index in [0.29, 0.717) is 6.04 Å². The normalized spacial score (nSPS) is 17.4. The first kappa shape index (κ1) is 14.1. The van der Waals surface area contributed by atoms with Crippen LogP contribution >= 0.6 is 0 Å². The fraction of sp³-hybridized carbons (Fsp3) is 0.389. The van der Waals surface area contributed by atoms with E-state index in [1.54, 1.807) is 0 Å². The van der Waals surface area contributed by atoms with Gasteiger partial charge in [-0.05, 0) is 37.5 Å². The molecule has 3 heteroatoms. The molecule has 0 bridgehead atoms. The summed E-state index contributed by atoms with van der Waals surface area (Å²) < 4.78 is 0. The lowest BCUT2D eigenvalue weighted by Gasteiger charge is -2.18. The Balaban J connectivity index is 1.74. The summed E-state index contributed by atoms with van der Waals surface area (Å²) in [5, 5.41) is 7.76. The van der Waals surface area contributed by atoms with Gasteiger partial charge in [0.1, 0.15) is 6.04 Å². The molecule has 21 heavy (non-hydrogen) atoms. The maximum Gasteiger partial charge on any atom is 0.278 e. The van der Waals surface area contributed by atoms with Crippen LogP contribution in [0.1, 0.15) is 38.3 Å². The Morgan fingerprint density at radius 3 is 2.62 bits per heavy atom. The highest BCUT2D eigenvalue weighted by atomic mass is 16.2. The lowest BCUT2D eigenvalue weighted by molar-refractivity contribution is -0.710. The fourth-order valence-corrected chi connectivity index (χ4v) is 2.83. The number of quaternary nitrogens is 1. The molecule has 1 amide bonds. The van der Waals surface area contributed by atoms with E-state index in [0.717, 1.165) is 12.8 Å². The third-order valence-electron chi connectivity index (χ3n) is 4.23. The van der Waals surface area contributed by atoms with E-state index in [1.165, 1.54) is 16.3 Å². The third kappa shape index (κ3) is 3.24. The van der Waals surface area contributed by atoms with Gasteiger partial charge in [0, 0.05) is 11.6 Å². The van der Waals surface area contributed by atoms with Gasteiger partial charge in [0.05, 0.1) is 0 Å². The van der Waals surface area contributed by atoms with Crippen molar-refractivity contribution in [1.29, 1.82) is 0 Å². The summed E-state index contributed by atoms with van der Waals surface area (Å²) in [6.07, 6.45) is 2.27. The van der Waals surface area contributed by atoms with Crippen molar-refractivity contribution in [3.63, 3.8) is 0 Å². The smallest absolute Gasteiger partial charge is 0.278 e. The van der Waals surface area contributed by atoms with Crippen LogP contribution in [0.25, 0.3) is 10.8 Å². The summed E-state index contributed by atoms with van der Waals surface area (Å²) in [6.45, 7) is 4.15. The van der Waals surface area contributed by atoms with Crippen LogP contribution in [-0.2, 0) is 4.79 Å². The van der Waals surface area contributed by atoms with Crippen LogP contribution in [0.3, 0.4) is 0 Å². The van der Waals surface area contributed by atoms with Crippen LogP contribution in [0.15, 0.2) is 42.5 Å². The van der Waals surface area contributed by atoms with Crippen LogP contribution in [0.4, 0.5) is 0 Å². The number of carbonyl (C=O) groups excluding carboxylic acids is 1. The first-order valence-corrected chi connectivity index (χ1v) is 7.78. The van der Waals surface area contributed by atoms with Gasteiger partial charge >= 0.3 is 0 Å². The second-order valence-corrected chi connectivity index (χ2v) is 6.12. The van der Waals surface area contributed by atoms with E-state index in [-0.39, 0.29) is 18.0 Å². The van der Waals surface area contributed by atoms with E-state index >= 15 is 0 Å². The third-order valence-corrected chi connectivity index (χ3v) is 4.23. The number of rotatable bonds is 5. The molecule has 1 saturated carbocycles. The van der Waals surface area contributed by atoms with E-state index in [9.17, 15) is 4.79 Å². The fourth-order valence-electron chi connectivity index (χ4n) is 2.83. The predicted octanol–water partition coefficient (Wildman–Crippen LogP) is 2.13. The molecule has 0 unspecified atom stereocenters. The lowest BCUT2D eigenvalue weighted by atomic mass is 9.99. The average Bonchev–Trinajstić information content (AvgIpc) is 3.30. The van der Waals surface area contributed by atoms with Crippen molar-refractivity contribution in [2.45, 2.75) is 44.8 Å². The number of nitrogens with one attached hydrogen (secondary N) is 1. The molecule has 0 aliphatic heterocycles. The number of nitrogens with two attached hydrogens (primary N) is 1. The highest BCUT2D eigenvalue weighted by molar-refractivity contribution is 5.86. The summed E-state index contributed by atoms with van der Waals surface area (Å²) >= 11 is 0. The van der Waals surface area contributed by atoms with Gasteiger partial charge in [-0.15, -0.1) is 0 Å². The number of fused-ring (bicyclic) bond motifs is 1. The molecule has 1 aliphatic carbocycles. The van der Waals surface area contributed by atoms with Crippen LogP contribution < -0.4 is 10.6 Å². The molecular weight excluding hydrogens is 260 g/mol. The van der Waals surface area contributed by atoms with Crippen molar-refractivity contribution in [3.8, 4) is 0 Å². The minimum Gasteiger partial charge on any atom is -0.348 e. The number of amides is 1. The molecule has 2 aromatic rings. The van der Waals surface area contributed by atoms with E-state index in [1.807, 2.05) is 6.92 Å².